The van der Waals surface area contributed by atoms with Crippen molar-refractivity contribution >= 4 is 28.2 Å². The Hall–Kier alpha value is -3.66. The largest absolute Gasteiger partial charge is 0.378 e. The summed E-state index contributed by atoms with van der Waals surface area (Å²) in [5.41, 5.74) is 5.00. The topological polar surface area (TPSA) is 45.2 Å². The van der Waals surface area contributed by atoms with Gasteiger partial charge in [-0.05, 0) is 36.4 Å². The van der Waals surface area contributed by atoms with Crippen molar-refractivity contribution in [2.45, 2.75) is 0 Å². The molecule has 0 atom stereocenters. The zero-order valence-electron chi connectivity index (χ0n) is 15.9. The third kappa shape index (κ3) is 3.58. The summed E-state index contributed by atoms with van der Waals surface area (Å²) in [6.07, 6.45) is 0. The molecule has 4 aromatic rings. The van der Waals surface area contributed by atoms with E-state index in [2.05, 4.69) is 11.4 Å². The normalized spacial score (nSPS) is 10.6. The van der Waals surface area contributed by atoms with Gasteiger partial charge in [-0.3, -0.25) is 4.79 Å². The summed E-state index contributed by atoms with van der Waals surface area (Å²) >= 11 is 0. The van der Waals surface area contributed by atoms with Gasteiger partial charge in [0.25, 0.3) is 5.91 Å². The van der Waals surface area contributed by atoms with Crippen molar-refractivity contribution in [2.75, 3.05) is 24.3 Å². The molecule has 0 bridgehead atoms. The molecule has 0 saturated heterocycles. The molecule has 1 heterocycles. The molecule has 0 aliphatic rings. The van der Waals surface area contributed by atoms with E-state index in [9.17, 15) is 4.79 Å². The number of carbonyl (C=O) groups is 1. The second-order valence-electron chi connectivity index (χ2n) is 6.83. The fourth-order valence-electron chi connectivity index (χ4n) is 3.15. The van der Waals surface area contributed by atoms with Gasteiger partial charge < -0.3 is 10.2 Å². The lowest BCUT2D eigenvalue weighted by atomic mass is 10.1. The number of benzene rings is 3. The zero-order chi connectivity index (χ0) is 19.5. The van der Waals surface area contributed by atoms with Crippen LogP contribution in [-0.2, 0) is 0 Å². The van der Waals surface area contributed by atoms with Crippen LogP contribution < -0.4 is 10.2 Å². The number of para-hydroxylation sites is 2. The van der Waals surface area contributed by atoms with Gasteiger partial charge in [0.1, 0.15) is 0 Å². The number of hydrogen-bond donors (Lipinski definition) is 1. The first-order valence-electron chi connectivity index (χ1n) is 9.16. The maximum Gasteiger partial charge on any atom is 0.255 e. The summed E-state index contributed by atoms with van der Waals surface area (Å²) in [4.78, 5) is 19.6. The molecule has 0 fully saturated rings. The van der Waals surface area contributed by atoms with Crippen molar-refractivity contribution in [1.29, 1.82) is 0 Å². The number of fused-ring (bicyclic) bond motifs is 1. The maximum atomic E-state index is 12.8. The minimum Gasteiger partial charge on any atom is -0.378 e. The summed E-state index contributed by atoms with van der Waals surface area (Å²) in [6.45, 7) is 0. The van der Waals surface area contributed by atoms with E-state index in [-0.39, 0.29) is 5.91 Å². The van der Waals surface area contributed by atoms with E-state index in [0.29, 0.717) is 5.56 Å². The van der Waals surface area contributed by atoms with E-state index >= 15 is 0 Å². The van der Waals surface area contributed by atoms with Crippen molar-refractivity contribution in [2.24, 2.45) is 0 Å². The average Bonchev–Trinajstić information content (AvgIpc) is 2.74. The quantitative estimate of drug-likeness (QED) is 0.538. The van der Waals surface area contributed by atoms with Crippen LogP contribution in [0.4, 0.5) is 11.4 Å². The van der Waals surface area contributed by atoms with Crippen LogP contribution in [0.2, 0.25) is 0 Å². The van der Waals surface area contributed by atoms with Gasteiger partial charge in [0.05, 0.1) is 16.9 Å². The van der Waals surface area contributed by atoms with Crippen LogP contribution in [0.3, 0.4) is 0 Å². The Morgan fingerprint density at radius 3 is 2.50 bits per heavy atom. The van der Waals surface area contributed by atoms with Crippen LogP contribution in [0, 0.1) is 0 Å². The first-order valence-corrected chi connectivity index (χ1v) is 9.16. The number of nitrogens with one attached hydrogen (secondary N) is 1. The van der Waals surface area contributed by atoms with Crippen LogP contribution in [0.15, 0.2) is 84.9 Å². The molecule has 0 aliphatic carbocycles. The molecule has 138 valence electrons. The van der Waals surface area contributed by atoms with Crippen molar-refractivity contribution < 1.29 is 4.79 Å². The molecule has 4 nitrogen and oxygen atoms in total. The molecule has 1 aromatic heterocycles. The molecule has 0 unspecified atom stereocenters. The van der Waals surface area contributed by atoms with Crippen LogP contribution in [0.25, 0.3) is 22.2 Å². The van der Waals surface area contributed by atoms with Crippen molar-refractivity contribution in [3.8, 4) is 11.3 Å². The van der Waals surface area contributed by atoms with Gasteiger partial charge in [-0.25, -0.2) is 4.98 Å². The van der Waals surface area contributed by atoms with Crippen LogP contribution in [0.1, 0.15) is 10.4 Å². The number of carbonyl (C=O) groups excluding carboxylic acids is 1. The Morgan fingerprint density at radius 2 is 1.64 bits per heavy atom. The fourth-order valence-corrected chi connectivity index (χ4v) is 3.15. The van der Waals surface area contributed by atoms with Crippen molar-refractivity contribution in [3.63, 3.8) is 0 Å². The van der Waals surface area contributed by atoms with E-state index in [1.54, 1.807) is 0 Å². The molecule has 4 rings (SSSR count). The van der Waals surface area contributed by atoms with Crippen LogP contribution >= 0.6 is 0 Å². The summed E-state index contributed by atoms with van der Waals surface area (Å²) < 4.78 is 0. The SMILES string of the molecule is CN(C)c1cccc(C(=O)Nc2ccccc2-c2ccc3ccccc3n2)c1. The Morgan fingerprint density at radius 1 is 0.857 bits per heavy atom. The highest BCUT2D eigenvalue weighted by molar-refractivity contribution is 6.06. The first-order chi connectivity index (χ1) is 13.6. The number of pyridine rings is 1. The molecule has 1 amide bonds. The number of aromatic nitrogens is 1. The van der Waals surface area contributed by atoms with E-state index in [1.807, 2.05) is 97.9 Å². The van der Waals surface area contributed by atoms with Gasteiger partial charge >= 0.3 is 0 Å². The summed E-state index contributed by atoms with van der Waals surface area (Å²) in [5.74, 6) is -0.142. The summed E-state index contributed by atoms with van der Waals surface area (Å²) in [7, 11) is 3.91. The first kappa shape index (κ1) is 17.7. The van der Waals surface area contributed by atoms with E-state index in [0.717, 1.165) is 33.5 Å². The highest BCUT2D eigenvalue weighted by atomic mass is 16.1. The molecule has 0 radical (unpaired) electrons. The third-order valence-corrected chi connectivity index (χ3v) is 4.67. The average molecular weight is 367 g/mol. The lowest BCUT2D eigenvalue weighted by Gasteiger charge is -2.14. The highest BCUT2D eigenvalue weighted by Gasteiger charge is 2.12. The van der Waals surface area contributed by atoms with Gasteiger partial charge in [0.2, 0.25) is 0 Å². The van der Waals surface area contributed by atoms with Gasteiger partial charge in [0, 0.05) is 36.3 Å². The zero-order valence-corrected chi connectivity index (χ0v) is 15.9. The molecule has 4 heteroatoms. The predicted octanol–water partition coefficient (Wildman–Crippen LogP) is 5.22. The van der Waals surface area contributed by atoms with Crippen LogP contribution in [0.5, 0.6) is 0 Å². The second-order valence-corrected chi connectivity index (χ2v) is 6.83. The van der Waals surface area contributed by atoms with Gasteiger partial charge in [-0.2, -0.15) is 0 Å². The minimum atomic E-state index is -0.142. The van der Waals surface area contributed by atoms with Crippen molar-refractivity contribution in [1.82, 2.24) is 4.98 Å². The van der Waals surface area contributed by atoms with E-state index < -0.39 is 0 Å². The van der Waals surface area contributed by atoms with E-state index in [4.69, 9.17) is 4.98 Å². The van der Waals surface area contributed by atoms with Gasteiger partial charge in [0.15, 0.2) is 0 Å². The lowest BCUT2D eigenvalue weighted by molar-refractivity contribution is 0.102. The number of rotatable bonds is 4. The molecule has 0 spiro atoms. The molecular formula is C24H21N3O. The Bertz CT molecular complexity index is 1150. The Balaban J connectivity index is 1.68. The standard InChI is InChI=1S/C24H21N3O/c1-27(2)19-10-7-9-18(16-19)24(28)26-22-13-6-4-11-20(22)23-15-14-17-8-3-5-12-21(17)25-23/h3-16H,1-2H3,(H,26,28). The Labute approximate surface area is 164 Å². The van der Waals surface area contributed by atoms with Crippen LogP contribution in [-0.4, -0.2) is 25.0 Å². The summed E-state index contributed by atoms with van der Waals surface area (Å²) in [6, 6.07) is 27.4. The third-order valence-electron chi connectivity index (χ3n) is 4.67. The lowest BCUT2D eigenvalue weighted by Crippen LogP contribution is -2.14. The van der Waals surface area contributed by atoms with E-state index in [1.165, 1.54) is 0 Å². The van der Waals surface area contributed by atoms with Crippen molar-refractivity contribution in [3.05, 3.63) is 90.5 Å². The molecule has 1 N–H and O–H groups in total. The molecule has 28 heavy (non-hydrogen) atoms. The predicted molar refractivity (Wildman–Crippen MR) is 116 cm³/mol. The molecule has 3 aromatic carbocycles. The number of anilines is 2. The maximum absolute atomic E-state index is 12.8. The number of nitrogens with zero attached hydrogens (tertiary/aromatic N) is 2. The molecule has 0 saturated carbocycles. The summed E-state index contributed by atoms with van der Waals surface area (Å²) in [5, 5.41) is 4.13. The molecular weight excluding hydrogens is 346 g/mol. The minimum absolute atomic E-state index is 0.142. The Kier molecular flexibility index (Phi) is 4.77. The highest BCUT2D eigenvalue weighted by Crippen LogP contribution is 2.28. The fraction of sp³-hybridized carbons (Fsp3) is 0.0833. The smallest absolute Gasteiger partial charge is 0.255 e. The number of amides is 1. The second kappa shape index (κ2) is 7.53. The monoisotopic (exact) mass is 367 g/mol. The number of hydrogen-bond acceptors (Lipinski definition) is 3. The molecule has 0 aliphatic heterocycles. The van der Waals surface area contributed by atoms with Gasteiger partial charge in [-0.1, -0.05) is 48.5 Å². The van der Waals surface area contributed by atoms with Gasteiger partial charge in [-0.15, -0.1) is 0 Å².